The second kappa shape index (κ2) is 8.07. The molecular weight excluding hydrogens is 362 g/mol. The number of hydrogen-bond donors (Lipinski definition) is 1. The third kappa shape index (κ3) is 4.65. The Hall–Kier alpha value is -3.15. The Balaban J connectivity index is 1.52. The molecule has 1 N–H and O–H groups in total. The molecule has 6 heteroatoms. The molecule has 6 nitrogen and oxygen atoms in total. The van der Waals surface area contributed by atoms with Crippen LogP contribution in [-0.4, -0.2) is 25.8 Å². The van der Waals surface area contributed by atoms with Crippen molar-refractivity contribution in [2.75, 3.05) is 0 Å². The predicted molar refractivity (Wildman–Crippen MR) is 111 cm³/mol. The Morgan fingerprint density at radius 2 is 1.97 bits per heavy atom. The molecule has 1 unspecified atom stereocenters. The summed E-state index contributed by atoms with van der Waals surface area (Å²) in [5, 5.41) is 3.21. The number of carbonyl (C=O) groups excluding carboxylic acids is 1. The average molecular weight is 387 g/mol. The van der Waals surface area contributed by atoms with Crippen LogP contribution in [0.15, 0.2) is 55.1 Å². The molecule has 0 radical (unpaired) electrons. The minimum absolute atomic E-state index is 0.0400. The van der Waals surface area contributed by atoms with Gasteiger partial charge < -0.3 is 5.32 Å². The van der Waals surface area contributed by atoms with Gasteiger partial charge in [-0.3, -0.25) is 9.78 Å². The molecule has 0 bridgehead atoms. The summed E-state index contributed by atoms with van der Waals surface area (Å²) in [6.07, 6.45) is 9.68. The van der Waals surface area contributed by atoms with Gasteiger partial charge in [0, 0.05) is 30.6 Å². The topological polar surface area (TPSA) is 80.7 Å². The summed E-state index contributed by atoms with van der Waals surface area (Å²) >= 11 is 0. The first-order valence-electron chi connectivity index (χ1n) is 9.96. The molecule has 0 fully saturated rings. The first-order valence-corrected chi connectivity index (χ1v) is 9.96. The van der Waals surface area contributed by atoms with Crippen LogP contribution in [0.25, 0.3) is 11.5 Å². The number of amides is 1. The Kier molecular flexibility index (Phi) is 5.34. The maximum absolute atomic E-state index is 12.6. The van der Waals surface area contributed by atoms with Crippen molar-refractivity contribution in [3.8, 4) is 11.5 Å². The van der Waals surface area contributed by atoms with E-state index >= 15 is 0 Å². The number of aromatic nitrogens is 4. The molecule has 0 saturated heterocycles. The first-order chi connectivity index (χ1) is 14.0. The van der Waals surface area contributed by atoms with Crippen LogP contribution in [0.5, 0.6) is 0 Å². The zero-order valence-corrected chi connectivity index (χ0v) is 16.8. The molecule has 3 aromatic rings. The SMILES string of the molecule is CC1(C)Cc2nc(-c3cnccn3)ncc2C(NC(=O)CCc2ccccc2)C1. The molecule has 2 heterocycles. The highest BCUT2D eigenvalue weighted by atomic mass is 16.1. The number of nitrogens with one attached hydrogen (secondary N) is 1. The molecule has 29 heavy (non-hydrogen) atoms. The van der Waals surface area contributed by atoms with Crippen LogP contribution >= 0.6 is 0 Å². The molecule has 0 saturated carbocycles. The van der Waals surface area contributed by atoms with Gasteiger partial charge in [-0.25, -0.2) is 15.0 Å². The van der Waals surface area contributed by atoms with Gasteiger partial charge in [0.05, 0.1) is 17.9 Å². The maximum Gasteiger partial charge on any atom is 0.220 e. The van der Waals surface area contributed by atoms with E-state index in [4.69, 9.17) is 4.98 Å². The second-order valence-corrected chi connectivity index (χ2v) is 8.34. The molecule has 2 aromatic heterocycles. The number of aryl methyl sites for hydroxylation is 1. The molecule has 1 atom stereocenters. The van der Waals surface area contributed by atoms with Crippen LogP contribution < -0.4 is 5.32 Å². The highest BCUT2D eigenvalue weighted by molar-refractivity contribution is 5.76. The van der Waals surface area contributed by atoms with Crippen LogP contribution in [0.2, 0.25) is 0 Å². The van der Waals surface area contributed by atoms with E-state index in [1.54, 1.807) is 18.6 Å². The number of nitrogens with zero attached hydrogens (tertiary/aromatic N) is 4. The largest absolute Gasteiger partial charge is 0.349 e. The number of benzene rings is 1. The van der Waals surface area contributed by atoms with Gasteiger partial charge in [-0.15, -0.1) is 0 Å². The highest BCUT2D eigenvalue weighted by Gasteiger charge is 2.34. The van der Waals surface area contributed by atoms with Crippen LogP contribution in [0.1, 0.15) is 49.6 Å². The summed E-state index contributed by atoms with van der Waals surface area (Å²) in [6, 6.07) is 10.0. The normalized spacial score (nSPS) is 17.4. The van der Waals surface area contributed by atoms with Crippen molar-refractivity contribution in [3.05, 3.63) is 71.9 Å². The monoisotopic (exact) mass is 387 g/mol. The third-order valence-corrected chi connectivity index (χ3v) is 5.29. The lowest BCUT2D eigenvalue weighted by Crippen LogP contribution is -2.37. The number of carbonyl (C=O) groups is 1. The number of hydrogen-bond acceptors (Lipinski definition) is 5. The van der Waals surface area contributed by atoms with Gasteiger partial charge in [-0.05, 0) is 30.2 Å². The molecule has 1 amide bonds. The lowest BCUT2D eigenvalue weighted by molar-refractivity contribution is -0.122. The Bertz CT molecular complexity index is 989. The maximum atomic E-state index is 12.6. The van der Waals surface area contributed by atoms with E-state index in [2.05, 4.69) is 34.1 Å². The molecule has 1 aliphatic carbocycles. The second-order valence-electron chi connectivity index (χ2n) is 8.34. The van der Waals surface area contributed by atoms with E-state index < -0.39 is 0 Å². The standard InChI is InChI=1S/C23H25N5O/c1-23(2)12-18(27-21(29)9-8-16-6-4-3-5-7-16)17-14-26-22(28-19(17)13-23)20-15-24-10-11-25-20/h3-7,10-11,14-15,18H,8-9,12-13H2,1-2H3,(H,27,29). The molecule has 4 rings (SSSR count). The van der Waals surface area contributed by atoms with Crippen molar-refractivity contribution in [2.45, 2.75) is 45.6 Å². The average Bonchev–Trinajstić information content (AvgIpc) is 2.72. The van der Waals surface area contributed by atoms with E-state index in [-0.39, 0.29) is 17.4 Å². The minimum atomic E-state index is -0.0760. The lowest BCUT2D eigenvalue weighted by Gasteiger charge is -2.36. The van der Waals surface area contributed by atoms with Gasteiger partial charge in [0.1, 0.15) is 5.69 Å². The van der Waals surface area contributed by atoms with Gasteiger partial charge in [0.15, 0.2) is 5.82 Å². The molecule has 1 aliphatic rings. The molecular formula is C23H25N5O. The van der Waals surface area contributed by atoms with Crippen LogP contribution in [-0.2, 0) is 17.6 Å². The van der Waals surface area contributed by atoms with E-state index in [1.807, 2.05) is 36.5 Å². The summed E-state index contributed by atoms with van der Waals surface area (Å²) in [7, 11) is 0. The van der Waals surface area contributed by atoms with E-state index in [1.165, 1.54) is 5.56 Å². The number of rotatable bonds is 5. The van der Waals surface area contributed by atoms with E-state index in [0.717, 1.165) is 30.5 Å². The summed E-state index contributed by atoms with van der Waals surface area (Å²) in [5.74, 6) is 0.629. The van der Waals surface area contributed by atoms with Gasteiger partial charge in [0.2, 0.25) is 5.91 Å². The fraction of sp³-hybridized carbons (Fsp3) is 0.348. The number of fused-ring (bicyclic) bond motifs is 1. The highest BCUT2D eigenvalue weighted by Crippen LogP contribution is 2.40. The van der Waals surface area contributed by atoms with Gasteiger partial charge in [-0.1, -0.05) is 44.2 Å². The van der Waals surface area contributed by atoms with Crippen molar-refractivity contribution < 1.29 is 4.79 Å². The van der Waals surface area contributed by atoms with Crippen molar-refractivity contribution >= 4 is 5.91 Å². The van der Waals surface area contributed by atoms with Gasteiger partial charge >= 0.3 is 0 Å². The summed E-state index contributed by atoms with van der Waals surface area (Å²) in [6.45, 7) is 4.42. The zero-order valence-electron chi connectivity index (χ0n) is 16.8. The van der Waals surface area contributed by atoms with Crippen LogP contribution in [0.4, 0.5) is 0 Å². The Labute approximate surface area is 170 Å². The van der Waals surface area contributed by atoms with Gasteiger partial charge in [-0.2, -0.15) is 0 Å². The van der Waals surface area contributed by atoms with Crippen molar-refractivity contribution in [1.82, 2.24) is 25.3 Å². The smallest absolute Gasteiger partial charge is 0.220 e. The van der Waals surface area contributed by atoms with Crippen LogP contribution in [0, 0.1) is 5.41 Å². The molecule has 148 valence electrons. The third-order valence-electron chi connectivity index (χ3n) is 5.29. The quantitative estimate of drug-likeness (QED) is 0.722. The molecule has 1 aromatic carbocycles. The summed E-state index contributed by atoms with van der Waals surface area (Å²) in [5.41, 5.74) is 3.85. The summed E-state index contributed by atoms with van der Waals surface area (Å²) in [4.78, 5) is 30.3. The fourth-order valence-corrected chi connectivity index (χ4v) is 3.88. The van der Waals surface area contributed by atoms with E-state index in [9.17, 15) is 4.79 Å². The van der Waals surface area contributed by atoms with E-state index in [0.29, 0.717) is 17.9 Å². The Morgan fingerprint density at radius 3 is 2.72 bits per heavy atom. The van der Waals surface area contributed by atoms with Crippen LogP contribution in [0.3, 0.4) is 0 Å². The Morgan fingerprint density at radius 1 is 1.14 bits per heavy atom. The molecule has 0 spiro atoms. The summed E-state index contributed by atoms with van der Waals surface area (Å²) < 4.78 is 0. The van der Waals surface area contributed by atoms with Crippen molar-refractivity contribution in [3.63, 3.8) is 0 Å². The fourth-order valence-electron chi connectivity index (χ4n) is 3.88. The first kappa shape index (κ1) is 19.2. The minimum Gasteiger partial charge on any atom is -0.349 e. The molecule has 0 aliphatic heterocycles. The zero-order chi connectivity index (χ0) is 20.3. The van der Waals surface area contributed by atoms with Crippen molar-refractivity contribution in [2.24, 2.45) is 5.41 Å². The van der Waals surface area contributed by atoms with Crippen molar-refractivity contribution in [1.29, 1.82) is 0 Å². The predicted octanol–water partition coefficient (Wildman–Crippen LogP) is 3.70. The lowest BCUT2D eigenvalue weighted by atomic mass is 9.74. The van der Waals surface area contributed by atoms with Gasteiger partial charge in [0.25, 0.3) is 0 Å².